The van der Waals surface area contributed by atoms with Gasteiger partial charge in [0.2, 0.25) is 5.91 Å². The number of hydrogen-bond acceptors (Lipinski definition) is 5. The van der Waals surface area contributed by atoms with Gasteiger partial charge in [-0.05, 0) is 54.6 Å². The summed E-state index contributed by atoms with van der Waals surface area (Å²) in [5.41, 5.74) is 12.3. The van der Waals surface area contributed by atoms with E-state index in [0.717, 1.165) is 5.56 Å². The zero-order chi connectivity index (χ0) is 23.2. The highest BCUT2D eigenvalue weighted by atomic mass is 16.5. The summed E-state index contributed by atoms with van der Waals surface area (Å²) in [6.45, 7) is 0. The number of carbonyl (C=O) groups is 3. The minimum atomic E-state index is -0.530. The van der Waals surface area contributed by atoms with Crippen LogP contribution in [0.25, 0.3) is 11.3 Å². The largest absolute Gasteiger partial charge is 0.457 e. The van der Waals surface area contributed by atoms with Gasteiger partial charge >= 0.3 is 0 Å². The van der Waals surface area contributed by atoms with Gasteiger partial charge in [-0.3, -0.25) is 30.3 Å². The second-order valence-corrected chi connectivity index (χ2v) is 6.96. The van der Waals surface area contributed by atoms with Crippen molar-refractivity contribution in [1.29, 1.82) is 0 Å². The average molecular weight is 441 g/mol. The number of aromatic amines is 1. The van der Waals surface area contributed by atoms with Crippen LogP contribution in [0.2, 0.25) is 0 Å². The standard InChI is InChI=1S/C24H19N5O4/c25-22(30)16-6-10-18(11-7-16)33-19-12-8-17(9-13-19)23(31)28-29-24(32)21-14-20(26-27-21)15-4-2-1-3-5-15/h1-14H,(H2,25,30)(H,26,27)(H,28,31)(H,29,32). The molecule has 3 amide bonds. The first-order valence-corrected chi connectivity index (χ1v) is 9.89. The number of primary amides is 1. The van der Waals surface area contributed by atoms with E-state index in [-0.39, 0.29) is 5.69 Å². The highest BCUT2D eigenvalue weighted by Gasteiger charge is 2.13. The molecule has 0 aliphatic heterocycles. The second kappa shape index (κ2) is 9.48. The fourth-order valence-electron chi connectivity index (χ4n) is 2.95. The third kappa shape index (κ3) is 5.23. The highest BCUT2D eigenvalue weighted by Crippen LogP contribution is 2.22. The van der Waals surface area contributed by atoms with Crippen LogP contribution in [0, 0.1) is 0 Å². The van der Waals surface area contributed by atoms with E-state index in [2.05, 4.69) is 21.0 Å². The summed E-state index contributed by atoms with van der Waals surface area (Å²) in [4.78, 5) is 35.8. The molecule has 33 heavy (non-hydrogen) atoms. The van der Waals surface area contributed by atoms with E-state index in [0.29, 0.717) is 28.3 Å². The Balaban J connectivity index is 1.32. The van der Waals surface area contributed by atoms with Crippen molar-refractivity contribution in [3.63, 3.8) is 0 Å². The lowest BCUT2D eigenvalue weighted by Gasteiger charge is -2.08. The van der Waals surface area contributed by atoms with Crippen molar-refractivity contribution in [3.8, 4) is 22.8 Å². The molecule has 0 aliphatic rings. The predicted octanol–water partition coefficient (Wildman–Crippen LogP) is 3.04. The van der Waals surface area contributed by atoms with Crippen LogP contribution in [0.15, 0.2) is 84.9 Å². The number of carbonyl (C=O) groups excluding carboxylic acids is 3. The maximum absolute atomic E-state index is 12.3. The van der Waals surface area contributed by atoms with E-state index in [9.17, 15) is 14.4 Å². The number of H-pyrrole nitrogens is 1. The zero-order valence-corrected chi connectivity index (χ0v) is 17.2. The molecule has 4 aromatic rings. The summed E-state index contributed by atoms with van der Waals surface area (Å²) in [6, 6.07) is 23.7. The molecule has 0 radical (unpaired) electrons. The van der Waals surface area contributed by atoms with Gasteiger partial charge in [0, 0.05) is 16.7 Å². The number of nitrogens with one attached hydrogen (secondary N) is 3. The number of hydrogen-bond donors (Lipinski definition) is 4. The normalized spacial score (nSPS) is 10.3. The molecule has 1 heterocycles. The van der Waals surface area contributed by atoms with Crippen LogP contribution in [0.1, 0.15) is 31.2 Å². The van der Waals surface area contributed by atoms with Crippen molar-refractivity contribution in [2.45, 2.75) is 0 Å². The SMILES string of the molecule is NC(=O)c1ccc(Oc2ccc(C(=O)NNC(=O)c3cc(-c4ccccc4)n[nH]3)cc2)cc1. The summed E-state index contributed by atoms with van der Waals surface area (Å²) in [5.74, 6) is -0.540. The van der Waals surface area contributed by atoms with Gasteiger partial charge in [-0.25, -0.2) is 0 Å². The van der Waals surface area contributed by atoms with Crippen molar-refractivity contribution >= 4 is 17.7 Å². The number of aromatic nitrogens is 2. The van der Waals surface area contributed by atoms with Gasteiger partial charge < -0.3 is 10.5 Å². The summed E-state index contributed by atoms with van der Waals surface area (Å²) in [6.07, 6.45) is 0. The molecule has 0 saturated carbocycles. The van der Waals surface area contributed by atoms with Crippen LogP contribution < -0.4 is 21.3 Å². The van der Waals surface area contributed by atoms with Crippen molar-refractivity contribution in [1.82, 2.24) is 21.0 Å². The summed E-state index contributed by atoms with van der Waals surface area (Å²) < 4.78 is 5.68. The van der Waals surface area contributed by atoms with Gasteiger partial charge in [0.1, 0.15) is 17.2 Å². The molecule has 0 aliphatic carbocycles. The Morgan fingerprint density at radius 2 is 1.33 bits per heavy atom. The van der Waals surface area contributed by atoms with E-state index in [1.165, 1.54) is 0 Å². The molecule has 1 aromatic heterocycles. The summed E-state index contributed by atoms with van der Waals surface area (Å²) in [7, 11) is 0. The smallest absolute Gasteiger partial charge is 0.287 e. The Morgan fingerprint density at radius 3 is 1.94 bits per heavy atom. The van der Waals surface area contributed by atoms with E-state index in [1.54, 1.807) is 54.6 Å². The molecule has 0 saturated heterocycles. The van der Waals surface area contributed by atoms with Crippen LogP contribution in [0.4, 0.5) is 0 Å². The van der Waals surface area contributed by atoms with Crippen LogP contribution >= 0.6 is 0 Å². The molecule has 3 aromatic carbocycles. The van der Waals surface area contributed by atoms with Crippen LogP contribution in [0.5, 0.6) is 11.5 Å². The molecule has 4 rings (SSSR count). The third-order valence-corrected chi connectivity index (χ3v) is 4.67. The molecule has 0 spiro atoms. The fourth-order valence-corrected chi connectivity index (χ4v) is 2.95. The van der Waals surface area contributed by atoms with Gasteiger partial charge in [-0.2, -0.15) is 5.10 Å². The molecule has 0 bridgehead atoms. The number of benzene rings is 3. The summed E-state index contributed by atoms with van der Waals surface area (Å²) >= 11 is 0. The zero-order valence-electron chi connectivity index (χ0n) is 17.2. The lowest BCUT2D eigenvalue weighted by atomic mass is 10.1. The Labute approximate surface area is 188 Å². The molecular formula is C24H19N5O4. The molecule has 0 fully saturated rings. The first-order chi connectivity index (χ1) is 16.0. The quantitative estimate of drug-likeness (QED) is 0.341. The Morgan fingerprint density at radius 1 is 0.758 bits per heavy atom. The van der Waals surface area contributed by atoms with Gasteiger partial charge in [0.05, 0.1) is 5.69 Å². The highest BCUT2D eigenvalue weighted by molar-refractivity contribution is 5.98. The van der Waals surface area contributed by atoms with Crippen molar-refractivity contribution in [3.05, 3.63) is 102 Å². The molecule has 9 nitrogen and oxygen atoms in total. The monoisotopic (exact) mass is 441 g/mol. The maximum Gasteiger partial charge on any atom is 0.287 e. The number of rotatable bonds is 6. The van der Waals surface area contributed by atoms with Crippen LogP contribution in [-0.2, 0) is 0 Å². The fraction of sp³-hybridized carbons (Fsp3) is 0. The Bertz CT molecular complexity index is 1280. The molecule has 5 N–H and O–H groups in total. The van der Waals surface area contributed by atoms with Crippen LogP contribution in [0.3, 0.4) is 0 Å². The van der Waals surface area contributed by atoms with E-state index >= 15 is 0 Å². The van der Waals surface area contributed by atoms with E-state index < -0.39 is 17.7 Å². The van der Waals surface area contributed by atoms with Crippen molar-refractivity contribution in [2.24, 2.45) is 5.73 Å². The minimum absolute atomic E-state index is 0.209. The number of amides is 3. The number of nitrogens with two attached hydrogens (primary N) is 1. The lowest BCUT2D eigenvalue weighted by Crippen LogP contribution is -2.41. The topological polar surface area (TPSA) is 139 Å². The van der Waals surface area contributed by atoms with Crippen molar-refractivity contribution < 1.29 is 19.1 Å². The first kappa shape index (κ1) is 21.3. The Kier molecular flexibility index (Phi) is 6.12. The third-order valence-electron chi connectivity index (χ3n) is 4.67. The number of ether oxygens (including phenoxy) is 1. The summed E-state index contributed by atoms with van der Waals surface area (Å²) in [5, 5.41) is 6.77. The van der Waals surface area contributed by atoms with E-state index in [4.69, 9.17) is 10.5 Å². The van der Waals surface area contributed by atoms with Gasteiger partial charge in [-0.15, -0.1) is 0 Å². The molecule has 9 heteroatoms. The first-order valence-electron chi connectivity index (χ1n) is 9.89. The average Bonchev–Trinajstić information content (AvgIpc) is 3.34. The maximum atomic E-state index is 12.3. The molecule has 0 unspecified atom stereocenters. The molecule has 0 atom stereocenters. The number of nitrogens with zero attached hydrogens (tertiary/aromatic N) is 1. The predicted molar refractivity (Wildman–Crippen MR) is 120 cm³/mol. The van der Waals surface area contributed by atoms with Gasteiger partial charge in [-0.1, -0.05) is 30.3 Å². The Hall–Kier alpha value is -4.92. The minimum Gasteiger partial charge on any atom is -0.457 e. The second-order valence-electron chi connectivity index (χ2n) is 6.96. The lowest BCUT2D eigenvalue weighted by molar-refractivity contribution is 0.0844. The van der Waals surface area contributed by atoms with E-state index in [1.807, 2.05) is 30.3 Å². The van der Waals surface area contributed by atoms with Crippen LogP contribution in [-0.4, -0.2) is 27.9 Å². The van der Waals surface area contributed by atoms with Gasteiger partial charge in [0.25, 0.3) is 11.8 Å². The number of hydrazine groups is 1. The molecular weight excluding hydrogens is 422 g/mol. The van der Waals surface area contributed by atoms with Crippen molar-refractivity contribution in [2.75, 3.05) is 0 Å². The van der Waals surface area contributed by atoms with Gasteiger partial charge in [0.15, 0.2) is 0 Å². The molecule has 164 valence electrons.